The lowest BCUT2D eigenvalue weighted by molar-refractivity contribution is -0.120. The van der Waals surface area contributed by atoms with E-state index in [9.17, 15) is 9.90 Å². The van der Waals surface area contributed by atoms with Crippen LogP contribution in [0, 0.1) is 0 Å². The molecule has 0 amide bonds. The van der Waals surface area contributed by atoms with Crippen molar-refractivity contribution in [3.63, 3.8) is 0 Å². The Bertz CT molecular complexity index is 464. The summed E-state index contributed by atoms with van der Waals surface area (Å²) in [6.45, 7) is 0.498. The number of carbonyl (C=O) groups is 1. The molecule has 1 aliphatic heterocycles. The average Bonchev–Trinajstić information content (AvgIpc) is 3.18. The van der Waals surface area contributed by atoms with E-state index in [2.05, 4.69) is 0 Å². The fraction of sp³-hybridized carbons (Fsp3) is 0.417. The van der Waals surface area contributed by atoms with Gasteiger partial charge in [0.15, 0.2) is 11.5 Å². The third-order valence-electron chi connectivity index (χ3n) is 2.67. The summed E-state index contributed by atoms with van der Waals surface area (Å²) in [6.07, 6.45) is -0.124. The van der Waals surface area contributed by atoms with Crippen LogP contribution in [0.1, 0.15) is 0 Å². The molecule has 7 heteroatoms. The van der Waals surface area contributed by atoms with Gasteiger partial charge in [0.1, 0.15) is 18.8 Å². The molecule has 0 aromatic heterocycles. The first-order valence-electron chi connectivity index (χ1n) is 5.55. The molecule has 1 N–H and O–H groups in total. The van der Waals surface area contributed by atoms with Crippen LogP contribution in [0.15, 0.2) is 12.1 Å². The van der Waals surface area contributed by atoms with E-state index >= 15 is 0 Å². The lowest BCUT2D eigenvalue weighted by atomic mass is 10.2. The van der Waals surface area contributed by atoms with E-state index in [-0.39, 0.29) is 48.3 Å². The van der Waals surface area contributed by atoms with Gasteiger partial charge in [0, 0.05) is 0 Å². The molecule has 0 radical (unpaired) electrons. The molecule has 1 aliphatic rings. The zero-order valence-corrected chi connectivity index (χ0v) is 10.9. The van der Waals surface area contributed by atoms with Crippen molar-refractivity contribution >= 4 is 18.1 Å². The van der Waals surface area contributed by atoms with E-state index in [1.54, 1.807) is 0 Å². The van der Waals surface area contributed by atoms with Crippen molar-refractivity contribution in [1.82, 2.24) is 0 Å². The van der Waals surface area contributed by atoms with Crippen molar-refractivity contribution in [1.29, 1.82) is 0 Å². The predicted molar refractivity (Wildman–Crippen MR) is 66.2 cm³/mol. The number of alkyl halides is 1. The number of hydrogen-bond donors (Lipinski definition) is 1. The first kappa shape index (κ1) is 13.8. The van der Waals surface area contributed by atoms with E-state index in [0.717, 1.165) is 0 Å². The highest BCUT2D eigenvalue weighted by atomic mass is 35.5. The van der Waals surface area contributed by atoms with Gasteiger partial charge in [-0.05, 0) is 12.1 Å². The van der Waals surface area contributed by atoms with Gasteiger partial charge in [-0.3, -0.25) is 4.79 Å². The van der Waals surface area contributed by atoms with Gasteiger partial charge in [-0.15, -0.1) is 11.6 Å². The number of hydrogen-bond acceptors (Lipinski definition) is 6. The van der Waals surface area contributed by atoms with Crippen LogP contribution >= 0.6 is 11.6 Å². The Balaban J connectivity index is 2.13. The van der Waals surface area contributed by atoms with Gasteiger partial charge < -0.3 is 24.1 Å². The monoisotopic (exact) mass is 288 g/mol. The molecular weight excluding hydrogens is 276 g/mol. The maximum absolute atomic E-state index is 10.4. The Morgan fingerprint density at radius 1 is 1.42 bits per heavy atom. The minimum atomic E-state index is -0.113. The smallest absolute Gasteiger partial charge is 0.298 e. The zero-order valence-electron chi connectivity index (χ0n) is 10.2. The number of methoxy groups -OCH3 is 1. The molecule has 2 unspecified atom stereocenters. The molecule has 1 fully saturated rings. The summed E-state index contributed by atoms with van der Waals surface area (Å²) in [5.74, 6) is 0.695. The van der Waals surface area contributed by atoms with E-state index in [4.69, 9.17) is 30.5 Å². The van der Waals surface area contributed by atoms with Gasteiger partial charge in [0.25, 0.3) is 6.47 Å². The number of carbonyl (C=O) groups excluding carboxylic acids is 1. The summed E-state index contributed by atoms with van der Waals surface area (Å²) in [7, 11) is 1.38. The molecule has 0 aliphatic carbocycles. The first-order valence-corrected chi connectivity index (χ1v) is 6.09. The number of epoxide rings is 1. The Morgan fingerprint density at radius 2 is 2.21 bits per heavy atom. The highest BCUT2D eigenvalue weighted by molar-refractivity contribution is 6.18. The number of rotatable bonds is 7. The number of phenols is 1. The van der Waals surface area contributed by atoms with E-state index in [0.29, 0.717) is 5.88 Å². The Hall–Kier alpha value is -1.66. The van der Waals surface area contributed by atoms with Gasteiger partial charge >= 0.3 is 0 Å². The molecule has 1 aromatic carbocycles. The Labute approximate surface area is 114 Å². The summed E-state index contributed by atoms with van der Waals surface area (Å²) in [4.78, 5) is 10.4. The van der Waals surface area contributed by atoms with Gasteiger partial charge in [-0.2, -0.15) is 0 Å². The molecule has 2 rings (SSSR count). The van der Waals surface area contributed by atoms with Crippen molar-refractivity contribution in [2.75, 3.05) is 19.6 Å². The molecule has 1 heterocycles. The minimum Gasteiger partial charge on any atom is -0.504 e. The highest BCUT2D eigenvalue weighted by Gasteiger charge is 2.39. The second kappa shape index (κ2) is 5.99. The lowest BCUT2D eigenvalue weighted by Gasteiger charge is -2.13. The van der Waals surface area contributed by atoms with Gasteiger partial charge in [0.05, 0.1) is 13.0 Å². The Kier molecular flexibility index (Phi) is 4.34. The molecular formula is C12H13ClO6. The summed E-state index contributed by atoms with van der Waals surface area (Å²) in [6, 6.07) is 2.76. The van der Waals surface area contributed by atoms with Crippen LogP contribution in [0.5, 0.6) is 23.0 Å². The fourth-order valence-electron chi connectivity index (χ4n) is 1.64. The topological polar surface area (TPSA) is 77.5 Å². The quantitative estimate of drug-likeness (QED) is 0.463. The van der Waals surface area contributed by atoms with Gasteiger partial charge in [0.2, 0.25) is 11.5 Å². The van der Waals surface area contributed by atoms with E-state index < -0.39 is 0 Å². The van der Waals surface area contributed by atoms with E-state index in [1.165, 1.54) is 19.2 Å². The highest BCUT2D eigenvalue weighted by Crippen LogP contribution is 2.44. The third-order valence-corrected chi connectivity index (χ3v) is 2.97. The molecule has 6 nitrogen and oxygen atoms in total. The van der Waals surface area contributed by atoms with Crippen molar-refractivity contribution in [3.8, 4) is 23.0 Å². The summed E-state index contributed by atoms with van der Waals surface area (Å²) in [5, 5.41) is 9.76. The first-order chi connectivity index (χ1) is 9.21. The molecule has 104 valence electrons. The number of ether oxygens (including phenoxy) is 4. The molecule has 0 bridgehead atoms. The van der Waals surface area contributed by atoms with Gasteiger partial charge in [-0.1, -0.05) is 0 Å². The lowest BCUT2D eigenvalue weighted by Crippen LogP contribution is -2.09. The largest absolute Gasteiger partial charge is 0.504 e. The number of benzene rings is 1. The molecule has 0 saturated carbocycles. The normalized spacial score (nSPS) is 20.7. The molecule has 1 aromatic rings. The minimum absolute atomic E-state index is 0.0239. The number of halogens is 1. The number of phenolic OH excluding ortho intramolecular Hbond substituents is 1. The zero-order chi connectivity index (χ0) is 13.8. The third kappa shape index (κ3) is 3.02. The second-order valence-corrected chi connectivity index (χ2v) is 4.15. The molecule has 19 heavy (non-hydrogen) atoms. The van der Waals surface area contributed by atoms with Crippen LogP contribution in [-0.4, -0.2) is 43.4 Å². The molecule has 2 atom stereocenters. The standard InChI is InChI=1S/C12H13ClO6/c1-16-12-8(18-6-14)3-2-7(15)11(12)17-5-10-9(4-13)19-10/h2-3,6,9-10,15H,4-5H2,1H3. The Morgan fingerprint density at radius 3 is 2.79 bits per heavy atom. The molecule has 0 spiro atoms. The summed E-state index contributed by atoms with van der Waals surface area (Å²) >= 11 is 5.62. The van der Waals surface area contributed by atoms with Crippen LogP contribution in [0.25, 0.3) is 0 Å². The van der Waals surface area contributed by atoms with Gasteiger partial charge in [-0.25, -0.2) is 0 Å². The maximum Gasteiger partial charge on any atom is 0.298 e. The second-order valence-electron chi connectivity index (χ2n) is 3.84. The fourth-order valence-corrected chi connectivity index (χ4v) is 1.91. The summed E-state index contributed by atoms with van der Waals surface area (Å²) in [5.41, 5.74) is 0. The maximum atomic E-state index is 10.4. The van der Waals surface area contributed by atoms with Crippen molar-refractivity contribution in [2.24, 2.45) is 0 Å². The average molecular weight is 289 g/mol. The SMILES string of the molecule is COc1c(OC=O)ccc(O)c1OCC1OC1CCl. The predicted octanol–water partition coefficient (Wildman–Crippen LogP) is 1.32. The van der Waals surface area contributed by atoms with Crippen molar-refractivity contribution < 1.29 is 28.8 Å². The summed E-state index contributed by atoms with van der Waals surface area (Å²) < 4.78 is 20.5. The van der Waals surface area contributed by atoms with Crippen LogP contribution < -0.4 is 14.2 Å². The van der Waals surface area contributed by atoms with Crippen molar-refractivity contribution in [2.45, 2.75) is 12.2 Å². The van der Waals surface area contributed by atoms with Crippen LogP contribution in [0.2, 0.25) is 0 Å². The molecule has 1 saturated heterocycles. The van der Waals surface area contributed by atoms with Crippen LogP contribution in [-0.2, 0) is 9.53 Å². The number of aromatic hydroxyl groups is 1. The van der Waals surface area contributed by atoms with Crippen LogP contribution in [0.3, 0.4) is 0 Å². The van der Waals surface area contributed by atoms with Crippen LogP contribution in [0.4, 0.5) is 0 Å². The van der Waals surface area contributed by atoms with Crippen molar-refractivity contribution in [3.05, 3.63) is 12.1 Å². The van der Waals surface area contributed by atoms with E-state index in [1.807, 2.05) is 0 Å².